The first kappa shape index (κ1) is 19.9. The molecule has 1 aromatic rings. The van der Waals surface area contributed by atoms with Gasteiger partial charge in [0.05, 0.1) is 11.5 Å². The van der Waals surface area contributed by atoms with Gasteiger partial charge in [0, 0.05) is 24.3 Å². The Kier molecular flexibility index (Phi) is 5.11. The second-order valence-electron chi connectivity index (χ2n) is 8.16. The normalized spacial score (nSPS) is 23.1. The molecule has 2 aliphatic heterocycles. The highest BCUT2D eigenvalue weighted by Crippen LogP contribution is 2.29. The van der Waals surface area contributed by atoms with Crippen molar-refractivity contribution in [2.24, 2.45) is 0 Å². The van der Waals surface area contributed by atoms with Gasteiger partial charge < -0.3 is 4.90 Å². The van der Waals surface area contributed by atoms with E-state index in [0.29, 0.717) is 31.5 Å². The van der Waals surface area contributed by atoms with E-state index in [1.165, 1.54) is 4.57 Å². The molecule has 9 nitrogen and oxygen atoms in total. The molecule has 3 heterocycles. The van der Waals surface area contributed by atoms with Gasteiger partial charge in [-0.2, -0.15) is 5.26 Å². The van der Waals surface area contributed by atoms with Crippen molar-refractivity contribution in [3.8, 4) is 6.07 Å². The molecule has 3 aliphatic rings. The van der Waals surface area contributed by atoms with Gasteiger partial charge in [0.25, 0.3) is 5.56 Å². The van der Waals surface area contributed by atoms with Crippen LogP contribution >= 0.6 is 0 Å². The number of hydrogen-bond acceptors (Lipinski definition) is 6. The van der Waals surface area contributed by atoms with Gasteiger partial charge in [-0.3, -0.25) is 14.2 Å². The summed E-state index contributed by atoms with van der Waals surface area (Å²) in [7, 11) is -3.18. The lowest BCUT2D eigenvalue weighted by Gasteiger charge is -2.34. The maximum atomic E-state index is 13.2. The quantitative estimate of drug-likeness (QED) is 0.664. The van der Waals surface area contributed by atoms with Crippen LogP contribution in [0.5, 0.6) is 0 Å². The van der Waals surface area contributed by atoms with E-state index in [1.54, 1.807) is 4.90 Å². The number of carbonyl (C=O) groups excluding carboxylic acids is 1. The second kappa shape index (κ2) is 7.44. The molecule has 1 aliphatic carbocycles. The summed E-state index contributed by atoms with van der Waals surface area (Å²) in [6.07, 6.45) is 5.08. The number of sulfone groups is 1. The molecular weight excluding hydrogens is 396 g/mol. The fourth-order valence-electron chi connectivity index (χ4n) is 4.99. The number of nitriles is 1. The van der Waals surface area contributed by atoms with Crippen molar-refractivity contribution < 1.29 is 13.2 Å². The Balaban J connectivity index is 1.69. The van der Waals surface area contributed by atoms with Crippen LogP contribution < -0.4 is 11.2 Å². The van der Waals surface area contributed by atoms with E-state index in [4.69, 9.17) is 0 Å². The number of nitrogens with zero attached hydrogens (tertiary/aromatic N) is 4. The zero-order valence-corrected chi connectivity index (χ0v) is 17.0. The van der Waals surface area contributed by atoms with Crippen LogP contribution in [0.4, 0.5) is 0 Å². The summed E-state index contributed by atoms with van der Waals surface area (Å²) in [5, 5.41) is 9.40. The lowest BCUT2D eigenvalue weighted by molar-refractivity contribution is -0.136. The summed E-state index contributed by atoms with van der Waals surface area (Å²) in [4.78, 5) is 40.4. The summed E-state index contributed by atoms with van der Waals surface area (Å²) in [5.74, 6) is -0.439. The molecule has 0 aromatic carbocycles. The Morgan fingerprint density at radius 3 is 2.48 bits per heavy atom. The van der Waals surface area contributed by atoms with E-state index >= 15 is 0 Å². The van der Waals surface area contributed by atoms with E-state index in [2.05, 4.69) is 0 Å². The molecule has 1 aromatic heterocycles. The van der Waals surface area contributed by atoms with Gasteiger partial charge in [-0.15, -0.1) is 0 Å². The number of aromatic nitrogens is 2. The van der Waals surface area contributed by atoms with Gasteiger partial charge in [-0.05, 0) is 32.1 Å². The Hall–Kier alpha value is -2.41. The topological polar surface area (TPSA) is 122 Å². The Morgan fingerprint density at radius 1 is 1.14 bits per heavy atom. The molecule has 1 atom stereocenters. The largest absolute Gasteiger partial charge is 0.334 e. The standard InChI is InChI=1S/C19H24N4O5S/c20-10-15-16-6-3-8-21(16)19(26)22(18(15)25)11-17(24)23(13-4-1-2-5-13)14-7-9-29(27,28)12-14/h13-14H,1-9,11-12H2. The molecule has 10 heteroatoms. The van der Waals surface area contributed by atoms with Crippen LogP contribution in [0.3, 0.4) is 0 Å². The van der Waals surface area contributed by atoms with Crippen LogP contribution in [-0.4, -0.2) is 51.9 Å². The molecule has 0 bridgehead atoms. The average molecular weight is 420 g/mol. The fourth-order valence-corrected chi connectivity index (χ4v) is 6.70. The first-order valence-corrected chi connectivity index (χ1v) is 11.9. The third-order valence-corrected chi connectivity index (χ3v) is 8.09. The van der Waals surface area contributed by atoms with E-state index < -0.39 is 39.6 Å². The van der Waals surface area contributed by atoms with E-state index in [1.807, 2.05) is 6.07 Å². The van der Waals surface area contributed by atoms with E-state index in [-0.39, 0.29) is 23.1 Å². The summed E-state index contributed by atoms with van der Waals surface area (Å²) in [6.45, 7) is -0.0375. The molecule has 1 amide bonds. The summed E-state index contributed by atoms with van der Waals surface area (Å²) >= 11 is 0. The summed E-state index contributed by atoms with van der Waals surface area (Å²) in [6, 6.07) is 1.41. The van der Waals surface area contributed by atoms with E-state index in [0.717, 1.165) is 30.3 Å². The van der Waals surface area contributed by atoms with Crippen LogP contribution in [0.1, 0.15) is 49.8 Å². The molecular formula is C19H24N4O5S. The monoisotopic (exact) mass is 420 g/mol. The predicted octanol–water partition coefficient (Wildman–Crippen LogP) is -0.214. The van der Waals surface area contributed by atoms with Gasteiger partial charge in [0.15, 0.2) is 9.84 Å². The van der Waals surface area contributed by atoms with Crippen molar-refractivity contribution in [2.75, 3.05) is 11.5 Å². The maximum absolute atomic E-state index is 13.2. The number of carbonyl (C=O) groups is 1. The van der Waals surface area contributed by atoms with Crippen molar-refractivity contribution in [1.82, 2.24) is 14.0 Å². The average Bonchev–Trinajstić information content (AvgIpc) is 3.41. The third kappa shape index (κ3) is 3.52. The zero-order valence-electron chi connectivity index (χ0n) is 16.2. The first-order valence-electron chi connectivity index (χ1n) is 10.1. The molecule has 4 rings (SSSR count). The molecule has 1 saturated carbocycles. The van der Waals surface area contributed by atoms with Crippen molar-refractivity contribution >= 4 is 15.7 Å². The molecule has 2 fully saturated rings. The number of rotatable bonds is 4. The van der Waals surface area contributed by atoms with Gasteiger partial charge in [0.1, 0.15) is 18.2 Å². The minimum Gasteiger partial charge on any atom is -0.334 e. The van der Waals surface area contributed by atoms with Crippen LogP contribution in [0.25, 0.3) is 0 Å². The zero-order chi connectivity index (χ0) is 20.8. The minimum atomic E-state index is -3.18. The predicted molar refractivity (Wildman–Crippen MR) is 104 cm³/mol. The third-order valence-electron chi connectivity index (χ3n) is 6.34. The van der Waals surface area contributed by atoms with E-state index in [9.17, 15) is 28.1 Å². The second-order valence-corrected chi connectivity index (χ2v) is 10.4. The van der Waals surface area contributed by atoms with Gasteiger partial charge >= 0.3 is 5.69 Å². The van der Waals surface area contributed by atoms with Crippen molar-refractivity contribution in [3.63, 3.8) is 0 Å². The van der Waals surface area contributed by atoms with Crippen LogP contribution in [-0.2, 0) is 34.1 Å². The number of fused-ring (bicyclic) bond motifs is 1. The Bertz CT molecular complexity index is 1110. The lowest BCUT2D eigenvalue weighted by Crippen LogP contribution is -2.51. The molecule has 1 unspecified atom stereocenters. The van der Waals surface area contributed by atoms with Crippen molar-refractivity contribution in [3.05, 3.63) is 32.1 Å². The first-order chi connectivity index (χ1) is 13.8. The molecule has 0 radical (unpaired) electrons. The maximum Gasteiger partial charge on any atom is 0.331 e. The molecule has 1 saturated heterocycles. The van der Waals surface area contributed by atoms with Crippen LogP contribution in [0.2, 0.25) is 0 Å². The van der Waals surface area contributed by atoms with Gasteiger partial charge in [0.2, 0.25) is 5.91 Å². The fraction of sp³-hybridized carbons (Fsp3) is 0.684. The molecule has 0 N–H and O–H groups in total. The highest BCUT2D eigenvalue weighted by molar-refractivity contribution is 7.91. The molecule has 156 valence electrons. The lowest BCUT2D eigenvalue weighted by atomic mass is 10.1. The van der Waals surface area contributed by atoms with Gasteiger partial charge in [-0.1, -0.05) is 12.8 Å². The van der Waals surface area contributed by atoms with Crippen LogP contribution in [0.15, 0.2) is 9.59 Å². The summed E-state index contributed by atoms with van der Waals surface area (Å²) < 4.78 is 26.2. The van der Waals surface area contributed by atoms with Crippen molar-refractivity contribution in [2.45, 2.75) is 70.1 Å². The minimum absolute atomic E-state index is 0.0498. The molecule has 0 spiro atoms. The number of hydrogen-bond donors (Lipinski definition) is 0. The van der Waals surface area contributed by atoms with Crippen LogP contribution in [0, 0.1) is 11.3 Å². The Labute approximate surface area is 168 Å². The highest BCUT2D eigenvalue weighted by atomic mass is 32.2. The SMILES string of the molecule is N#Cc1c2n(c(=O)n(CC(=O)N(C3CCCC3)C3CCS(=O)(=O)C3)c1=O)CCC2. The Morgan fingerprint density at radius 2 is 1.86 bits per heavy atom. The smallest absolute Gasteiger partial charge is 0.331 e. The molecule has 29 heavy (non-hydrogen) atoms. The van der Waals surface area contributed by atoms with Crippen molar-refractivity contribution in [1.29, 1.82) is 5.26 Å². The summed E-state index contributed by atoms with van der Waals surface area (Å²) in [5.41, 5.74) is -0.934. The number of amides is 1. The van der Waals surface area contributed by atoms with Gasteiger partial charge in [-0.25, -0.2) is 17.8 Å². The highest BCUT2D eigenvalue weighted by Gasteiger charge is 2.39.